The molecule has 8 heteroatoms. The monoisotopic (exact) mass is 416 g/mol. The maximum absolute atomic E-state index is 13.0. The minimum absolute atomic E-state index is 0.0383. The number of fused-ring (bicyclic) bond motifs is 1. The number of hydrogen-bond acceptors (Lipinski definition) is 4. The Morgan fingerprint density at radius 1 is 1.10 bits per heavy atom. The Hall–Kier alpha value is -2.71. The molecule has 1 amide bonds. The second-order valence-electron chi connectivity index (χ2n) is 7.19. The van der Waals surface area contributed by atoms with Crippen molar-refractivity contribution >= 4 is 26.9 Å². The van der Waals surface area contributed by atoms with Gasteiger partial charge in [-0.05, 0) is 55.2 Å². The number of nitrogens with zero attached hydrogens (tertiary/aromatic N) is 1. The highest BCUT2D eigenvalue weighted by Gasteiger charge is 2.26. The van der Waals surface area contributed by atoms with Crippen molar-refractivity contribution in [3.8, 4) is 0 Å². The standard InChI is InChI=1S/C21H21FN2O4S/c22-17-5-7-18(8-6-17)29(26,27)23-14-15-9-11-24(12-10-15)21(25)20-13-16-3-1-2-4-19(16)28-20/h1-8,13,15,23H,9-12,14H2. The number of amides is 1. The van der Waals surface area contributed by atoms with E-state index in [1.54, 1.807) is 11.0 Å². The molecule has 2 aromatic carbocycles. The first-order valence-corrected chi connectivity index (χ1v) is 10.9. The van der Waals surface area contributed by atoms with E-state index in [4.69, 9.17) is 4.42 Å². The van der Waals surface area contributed by atoms with Crippen LogP contribution >= 0.6 is 0 Å². The first-order valence-electron chi connectivity index (χ1n) is 9.45. The van der Waals surface area contributed by atoms with E-state index < -0.39 is 15.8 Å². The van der Waals surface area contributed by atoms with Gasteiger partial charge in [-0.2, -0.15) is 0 Å². The largest absolute Gasteiger partial charge is 0.451 e. The molecule has 1 fully saturated rings. The molecule has 2 heterocycles. The number of carbonyl (C=O) groups excluding carboxylic acids is 1. The van der Waals surface area contributed by atoms with Gasteiger partial charge < -0.3 is 9.32 Å². The van der Waals surface area contributed by atoms with Gasteiger partial charge in [0.15, 0.2) is 5.76 Å². The number of hydrogen-bond donors (Lipinski definition) is 1. The highest BCUT2D eigenvalue weighted by atomic mass is 32.2. The van der Waals surface area contributed by atoms with E-state index >= 15 is 0 Å². The molecule has 0 radical (unpaired) electrons. The predicted molar refractivity (Wildman–Crippen MR) is 106 cm³/mol. The number of para-hydroxylation sites is 1. The van der Waals surface area contributed by atoms with Crippen LogP contribution in [0, 0.1) is 11.7 Å². The molecule has 6 nitrogen and oxygen atoms in total. The summed E-state index contributed by atoms with van der Waals surface area (Å²) in [5, 5.41) is 0.890. The lowest BCUT2D eigenvalue weighted by Gasteiger charge is -2.31. The normalized spacial score (nSPS) is 15.7. The number of benzene rings is 2. The third-order valence-corrected chi connectivity index (χ3v) is 6.66. The van der Waals surface area contributed by atoms with Crippen molar-refractivity contribution in [1.29, 1.82) is 0 Å². The molecular formula is C21H21FN2O4S. The second kappa shape index (κ2) is 7.96. The van der Waals surface area contributed by atoms with E-state index in [-0.39, 0.29) is 23.3 Å². The summed E-state index contributed by atoms with van der Waals surface area (Å²) < 4.78 is 45.9. The van der Waals surface area contributed by atoms with Crippen LogP contribution in [-0.2, 0) is 10.0 Å². The lowest BCUT2D eigenvalue weighted by atomic mass is 9.97. The van der Waals surface area contributed by atoms with Crippen molar-refractivity contribution in [2.75, 3.05) is 19.6 Å². The molecule has 29 heavy (non-hydrogen) atoms. The second-order valence-corrected chi connectivity index (χ2v) is 8.96. The van der Waals surface area contributed by atoms with Gasteiger partial charge in [-0.1, -0.05) is 18.2 Å². The molecule has 1 aliphatic rings. The number of rotatable bonds is 5. The van der Waals surface area contributed by atoms with Crippen LogP contribution in [0.5, 0.6) is 0 Å². The smallest absolute Gasteiger partial charge is 0.289 e. The van der Waals surface area contributed by atoms with E-state index in [0.717, 1.165) is 17.5 Å². The maximum atomic E-state index is 13.0. The van der Waals surface area contributed by atoms with Gasteiger partial charge in [-0.25, -0.2) is 17.5 Å². The van der Waals surface area contributed by atoms with Crippen molar-refractivity contribution < 1.29 is 22.0 Å². The van der Waals surface area contributed by atoms with Crippen LogP contribution in [0.4, 0.5) is 4.39 Å². The predicted octanol–water partition coefficient (Wildman–Crippen LogP) is 3.40. The average molecular weight is 416 g/mol. The van der Waals surface area contributed by atoms with Crippen molar-refractivity contribution in [2.24, 2.45) is 5.92 Å². The van der Waals surface area contributed by atoms with Crippen molar-refractivity contribution in [1.82, 2.24) is 9.62 Å². The van der Waals surface area contributed by atoms with Gasteiger partial charge in [0, 0.05) is 25.0 Å². The molecule has 1 aliphatic heterocycles. The molecule has 0 bridgehead atoms. The number of furan rings is 1. The van der Waals surface area contributed by atoms with Gasteiger partial charge in [-0.3, -0.25) is 4.79 Å². The zero-order valence-electron chi connectivity index (χ0n) is 15.7. The Morgan fingerprint density at radius 3 is 2.48 bits per heavy atom. The van der Waals surface area contributed by atoms with E-state index in [2.05, 4.69) is 4.72 Å². The summed E-state index contributed by atoms with van der Waals surface area (Å²) in [6.45, 7) is 1.37. The first-order chi connectivity index (χ1) is 13.9. The van der Waals surface area contributed by atoms with Gasteiger partial charge in [0.05, 0.1) is 4.90 Å². The number of halogens is 1. The molecule has 1 N–H and O–H groups in total. The number of piperidine rings is 1. The minimum atomic E-state index is -3.68. The van der Waals surface area contributed by atoms with Crippen LogP contribution in [0.3, 0.4) is 0 Å². The van der Waals surface area contributed by atoms with Gasteiger partial charge in [0.25, 0.3) is 5.91 Å². The Labute approximate surface area is 168 Å². The number of carbonyl (C=O) groups is 1. The van der Waals surface area contributed by atoms with Crippen LogP contribution in [-0.4, -0.2) is 38.9 Å². The zero-order valence-corrected chi connectivity index (χ0v) is 16.5. The summed E-state index contributed by atoms with van der Waals surface area (Å²) >= 11 is 0. The SMILES string of the molecule is O=C(c1cc2ccccc2o1)N1CCC(CNS(=O)(=O)c2ccc(F)cc2)CC1. The van der Waals surface area contributed by atoms with Crippen molar-refractivity contribution in [3.63, 3.8) is 0 Å². The van der Waals surface area contributed by atoms with Crippen molar-refractivity contribution in [3.05, 3.63) is 66.2 Å². The molecule has 0 spiro atoms. The number of sulfonamides is 1. The summed E-state index contributed by atoms with van der Waals surface area (Å²) in [5.41, 5.74) is 0.681. The Balaban J connectivity index is 1.32. The molecule has 0 unspecified atom stereocenters. The van der Waals surface area contributed by atoms with Gasteiger partial charge in [-0.15, -0.1) is 0 Å². The Morgan fingerprint density at radius 2 is 1.79 bits per heavy atom. The lowest BCUT2D eigenvalue weighted by Crippen LogP contribution is -2.41. The Bertz CT molecular complexity index is 1080. The summed E-state index contributed by atoms with van der Waals surface area (Å²) in [6, 6.07) is 14.0. The molecule has 1 aromatic heterocycles. The first kappa shape index (κ1) is 19.6. The van der Waals surface area contributed by atoms with Crippen LogP contribution < -0.4 is 4.72 Å². The van der Waals surface area contributed by atoms with Crippen molar-refractivity contribution in [2.45, 2.75) is 17.7 Å². The fourth-order valence-electron chi connectivity index (χ4n) is 3.51. The summed E-state index contributed by atoms with van der Waals surface area (Å²) in [7, 11) is -3.68. The number of nitrogens with one attached hydrogen (secondary N) is 1. The molecule has 3 aromatic rings. The molecule has 0 atom stereocenters. The van der Waals surface area contributed by atoms with Crippen LogP contribution in [0.25, 0.3) is 11.0 Å². The molecule has 152 valence electrons. The summed E-state index contributed by atoms with van der Waals surface area (Å²) in [5.74, 6) is -0.177. The van der Waals surface area contributed by atoms with Crippen LogP contribution in [0.15, 0.2) is 63.9 Å². The maximum Gasteiger partial charge on any atom is 0.289 e. The van der Waals surface area contributed by atoms with Gasteiger partial charge >= 0.3 is 0 Å². The Kier molecular flexibility index (Phi) is 5.38. The molecule has 0 saturated carbocycles. The zero-order chi connectivity index (χ0) is 20.4. The minimum Gasteiger partial charge on any atom is -0.451 e. The highest BCUT2D eigenvalue weighted by Crippen LogP contribution is 2.23. The van der Waals surface area contributed by atoms with Crippen LogP contribution in [0.1, 0.15) is 23.4 Å². The van der Waals surface area contributed by atoms with Gasteiger partial charge in [0.2, 0.25) is 10.0 Å². The van der Waals surface area contributed by atoms with Crippen LogP contribution in [0.2, 0.25) is 0 Å². The van der Waals surface area contributed by atoms with E-state index in [0.29, 0.717) is 37.3 Å². The topological polar surface area (TPSA) is 79.6 Å². The van der Waals surface area contributed by atoms with E-state index in [9.17, 15) is 17.6 Å². The molecule has 4 rings (SSSR count). The van der Waals surface area contributed by atoms with E-state index in [1.807, 2.05) is 24.3 Å². The lowest BCUT2D eigenvalue weighted by molar-refractivity contribution is 0.0662. The average Bonchev–Trinajstić information content (AvgIpc) is 3.17. The number of likely N-dealkylation sites (tertiary alicyclic amines) is 1. The fraction of sp³-hybridized carbons (Fsp3) is 0.286. The summed E-state index contributed by atoms with van der Waals surface area (Å²) in [6.07, 6.45) is 1.38. The van der Waals surface area contributed by atoms with E-state index in [1.165, 1.54) is 12.1 Å². The molecular weight excluding hydrogens is 395 g/mol. The third kappa shape index (κ3) is 4.33. The quantitative estimate of drug-likeness (QED) is 0.691. The molecule has 1 saturated heterocycles. The van der Waals surface area contributed by atoms with Gasteiger partial charge in [0.1, 0.15) is 11.4 Å². The fourth-order valence-corrected chi connectivity index (χ4v) is 4.62. The molecule has 0 aliphatic carbocycles. The highest BCUT2D eigenvalue weighted by molar-refractivity contribution is 7.89. The summed E-state index contributed by atoms with van der Waals surface area (Å²) in [4.78, 5) is 14.5. The third-order valence-electron chi connectivity index (χ3n) is 5.22.